The molecule has 0 saturated heterocycles. The van der Waals surface area contributed by atoms with Gasteiger partial charge in [0.1, 0.15) is 0 Å². The van der Waals surface area contributed by atoms with Crippen molar-refractivity contribution in [2.24, 2.45) is 5.92 Å². The summed E-state index contributed by atoms with van der Waals surface area (Å²) in [5.74, 6) is 0.111. The van der Waals surface area contributed by atoms with Crippen LogP contribution in [0.15, 0.2) is 0 Å². The van der Waals surface area contributed by atoms with Gasteiger partial charge in [-0.2, -0.15) is 0 Å². The molecular formula is C11H25ClN2O3. The van der Waals surface area contributed by atoms with Crippen LogP contribution >= 0.6 is 12.4 Å². The fourth-order valence-corrected chi connectivity index (χ4v) is 1.13. The molecule has 5 nitrogen and oxygen atoms in total. The number of ether oxygens (including phenoxy) is 1. The highest BCUT2D eigenvalue weighted by Gasteiger charge is 2.12. The summed E-state index contributed by atoms with van der Waals surface area (Å²) in [4.78, 5) is 11.3. The third-order valence-electron chi connectivity index (χ3n) is 2.58. The Morgan fingerprint density at radius 3 is 2.65 bits per heavy atom. The molecule has 0 spiro atoms. The van der Waals surface area contributed by atoms with Gasteiger partial charge in [-0.25, -0.2) is 0 Å². The summed E-state index contributed by atoms with van der Waals surface area (Å²) in [6.07, 6.45) is 0.441. The molecule has 0 rings (SSSR count). The number of amides is 1. The highest BCUT2D eigenvalue weighted by molar-refractivity contribution is 5.85. The number of methoxy groups -OCH3 is 1. The molecule has 1 amide bonds. The van der Waals surface area contributed by atoms with Crippen molar-refractivity contribution in [1.29, 1.82) is 0 Å². The first-order valence-corrected chi connectivity index (χ1v) is 5.76. The largest absolute Gasteiger partial charge is 0.391 e. The number of aliphatic hydroxyl groups excluding tert-OH is 1. The topological polar surface area (TPSA) is 70.6 Å². The summed E-state index contributed by atoms with van der Waals surface area (Å²) >= 11 is 0. The summed E-state index contributed by atoms with van der Waals surface area (Å²) in [6, 6.07) is 0. The minimum absolute atomic E-state index is 0. The zero-order valence-corrected chi connectivity index (χ0v) is 11.7. The molecule has 0 radical (unpaired) electrons. The molecule has 0 heterocycles. The average Bonchev–Trinajstić information content (AvgIpc) is 2.30. The molecule has 0 aromatic heterocycles. The number of carbonyl (C=O) groups is 1. The number of carbonyl (C=O) groups excluding carboxylic acids is 1. The number of hydrogen-bond donors (Lipinski definition) is 3. The first-order valence-electron chi connectivity index (χ1n) is 5.76. The second-order valence-electron chi connectivity index (χ2n) is 3.93. The lowest BCUT2D eigenvalue weighted by Crippen LogP contribution is -2.40. The van der Waals surface area contributed by atoms with Crippen molar-refractivity contribution in [3.63, 3.8) is 0 Å². The monoisotopic (exact) mass is 268 g/mol. The maximum absolute atomic E-state index is 11.3. The molecule has 2 unspecified atom stereocenters. The van der Waals surface area contributed by atoms with Crippen molar-refractivity contribution in [2.75, 3.05) is 33.4 Å². The van der Waals surface area contributed by atoms with E-state index in [9.17, 15) is 9.90 Å². The number of nitrogens with one attached hydrogen (secondary N) is 2. The van der Waals surface area contributed by atoms with Gasteiger partial charge in [0.25, 0.3) is 0 Å². The number of hydrogen-bond acceptors (Lipinski definition) is 4. The maximum Gasteiger partial charge on any atom is 0.234 e. The minimum atomic E-state index is -0.465. The Kier molecular flexibility index (Phi) is 13.5. The van der Waals surface area contributed by atoms with Crippen LogP contribution in [-0.2, 0) is 9.53 Å². The fourth-order valence-electron chi connectivity index (χ4n) is 1.13. The van der Waals surface area contributed by atoms with Crippen LogP contribution in [0.5, 0.6) is 0 Å². The van der Waals surface area contributed by atoms with Gasteiger partial charge in [-0.15, -0.1) is 12.4 Å². The molecule has 0 aromatic carbocycles. The molecule has 0 aliphatic carbocycles. The van der Waals surface area contributed by atoms with Crippen LogP contribution in [0.25, 0.3) is 0 Å². The van der Waals surface area contributed by atoms with E-state index in [1.54, 1.807) is 7.11 Å². The lowest BCUT2D eigenvalue weighted by Gasteiger charge is -2.17. The van der Waals surface area contributed by atoms with Crippen molar-refractivity contribution < 1.29 is 14.6 Å². The van der Waals surface area contributed by atoms with E-state index in [0.29, 0.717) is 19.7 Å². The third kappa shape index (κ3) is 10.5. The lowest BCUT2D eigenvalue weighted by molar-refractivity contribution is -0.120. The quantitative estimate of drug-likeness (QED) is 0.522. The Morgan fingerprint density at radius 2 is 2.12 bits per heavy atom. The Morgan fingerprint density at radius 1 is 1.47 bits per heavy atom. The summed E-state index contributed by atoms with van der Waals surface area (Å²) in [5, 5.41) is 15.2. The Hall–Kier alpha value is -0.360. The molecule has 3 N–H and O–H groups in total. The van der Waals surface area contributed by atoms with Gasteiger partial charge in [0.15, 0.2) is 0 Å². The third-order valence-corrected chi connectivity index (χ3v) is 2.58. The van der Waals surface area contributed by atoms with E-state index in [1.807, 2.05) is 13.8 Å². The molecule has 0 aromatic rings. The van der Waals surface area contributed by atoms with Crippen LogP contribution < -0.4 is 10.6 Å². The number of aliphatic hydroxyl groups is 1. The Bertz CT molecular complexity index is 194. The van der Waals surface area contributed by atoms with Crippen LogP contribution in [0.2, 0.25) is 0 Å². The maximum atomic E-state index is 11.3. The molecule has 0 aliphatic heterocycles. The van der Waals surface area contributed by atoms with Crippen molar-refractivity contribution in [1.82, 2.24) is 10.6 Å². The van der Waals surface area contributed by atoms with Gasteiger partial charge >= 0.3 is 0 Å². The van der Waals surface area contributed by atoms with Crippen LogP contribution in [0.3, 0.4) is 0 Å². The van der Waals surface area contributed by atoms with Gasteiger partial charge in [0.2, 0.25) is 5.91 Å². The van der Waals surface area contributed by atoms with Crippen molar-refractivity contribution in [2.45, 2.75) is 26.4 Å². The SMILES string of the molecule is CCC(C)C(O)CNC(=O)CNCCOC.Cl. The highest BCUT2D eigenvalue weighted by atomic mass is 35.5. The second kappa shape index (κ2) is 12.1. The predicted molar refractivity (Wildman–Crippen MR) is 70.5 cm³/mol. The molecule has 0 saturated carbocycles. The van der Waals surface area contributed by atoms with Gasteiger partial charge in [-0.1, -0.05) is 20.3 Å². The summed E-state index contributed by atoms with van der Waals surface area (Å²) in [7, 11) is 1.62. The van der Waals surface area contributed by atoms with Gasteiger partial charge in [0.05, 0.1) is 19.3 Å². The molecule has 17 heavy (non-hydrogen) atoms. The van der Waals surface area contributed by atoms with E-state index in [-0.39, 0.29) is 30.8 Å². The van der Waals surface area contributed by atoms with Gasteiger partial charge < -0.3 is 20.5 Å². The lowest BCUT2D eigenvalue weighted by atomic mass is 10.0. The van der Waals surface area contributed by atoms with Crippen molar-refractivity contribution in [3.05, 3.63) is 0 Å². The van der Waals surface area contributed by atoms with Gasteiger partial charge in [-0.05, 0) is 5.92 Å². The molecule has 104 valence electrons. The van der Waals surface area contributed by atoms with Crippen molar-refractivity contribution in [3.8, 4) is 0 Å². The van der Waals surface area contributed by atoms with Crippen LogP contribution in [0.1, 0.15) is 20.3 Å². The van der Waals surface area contributed by atoms with Gasteiger partial charge in [-0.3, -0.25) is 4.79 Å². The van der Waals surface area contributed by atoms with Gasteiger partial charge in [0, 0.05) is 20.2 Å². The standard InChI is InChI=1S/C11H24N2O3.ClH/c1-4-9(2)10(14)7-13-11(15)8-12-5-6-16-3;/h9-10,12,14H,4-8H2,1-3H3,(H,13,15);1H. The zero-order chi connectivity index (χ0) is 12.4. The highest BCUT2D eigenvalue weighted by Crippen LogP contribution is 2.05. The Labute approximate surface area is 110 Å². The summed E-state index contributed by atoms with van der Waals surface area (Å²) < 4.78 is 4.83. The van der Waals surface area contributed by atoms with Crippen LogP contribution in [-0.4, -0.2) is 50.5 Å². The molecule has 0 aliphatic rings. The van der Waals surface area contributed by atoms with E-state index >= 15 is 0 Å². The predicted octanol–water partition coefficient (Wildman–Crippen LogP) is 0.167. The number of rotatable bonds is 9. The molecular weight excluding hydrogens is 244 g/mol. The van der Waals surface area contributed by atoms with Crippen LogP contribution in [0.4, 0.5) is 0 Å². The summed E-state index contributed by atoms with van der Waals surface area (Å²) in [6.45, 7) is 5.80. The van der Waals surface area contributed by atoms with E-state index in [4.69, 9.17) is 4.74 Å². The van der Waals surface area contributed by atoms with E-state index < -0.39 is 6.10 Å². The number of halogens is 1. The normalized spacial score (nSPS) is 13.6. The van der Waals surface area contributed by atoms with Crippen molar-refractivity contribution >= 4 is 18.3 Å². The fraction of sp³-hybridized carbons (Fsp3) is 0.909. The van der Waals surface area contributed by atoms with Crippen LogP contribution in [0, 0.1) is 5.92 Å². The van der Waals surface area contributed by atoms with E-state index in [1.165, 1.54) is 0 Å². The molecule has 0 bridgehead atoms. The first kappa shape index (κ1) is 19.0. The molecule has 6 heteroatoms. The first-order chi connectivity index (χ1) is 7.61. The minimum Gasteiger partial charge on any atom is -0.391 e. The molecule has 0 fully saturated rings. The average molecular weight is 269 g/mol. The summed E-state index contributed by atoms with van der Waals surface area (Å²) in [5.41, 5.74) is 0. The smallest absolute Gasteiger partial charge is 0.234 e. The second-order valence-corrected chi connectivity index (χ2v) is 3.93. The Balaban J connectivity index is 0. The molecule has 2 atom stereocenters. The van der Waals surface area contributed by atoms with E-state index in [0.717, 1.165) is 6.42 Å². The van der Waals surface area contributed by atoms with E-state index in [2.05, 4.69) is 10.6 Å². The zero-order valence-electron chi connectivity index (χ0n) is 10.9.